The highest BCUT2D eigenvalue weighted by molar-refractivity contribution is 5.86. The Morgan fingerprint density at radius 2 is 2.00 bits per heavy atom. The number of carboxylic acids is 1. The number of hydrogen-bond acceptors (Lipinski definition) is 2. The average Bonchev–Trinajstić information content (AvgIpc) is 3.07. The van der Waals surface area contributed by atoms with Crippen molar-refractivity contribution in [2.45, 2.75) is 25.8 Å². The summed E-state index contributed by atoms with van der Waals surface area (Å²) in [5.41, 5.74) is 0.911. The molecule has 0 radical (unpaired) electrons. The largest absolute Gasteiger partial charge is 0.480 e. The molecule has 1 fully saturated rings. The Balaban J connectivity index is 1.96. The van der Waals surface area contributed by atoms with Crippen molar-refractivity contribution in [2.75, 3.05) is 0 Å². The third-order valence-electron chi connectivity index (χ3n) is 3.34. The van der Waals surface area contributed by atoms with E-state index in [2.05, 4.69) is 5.32 Å². The molecule has 0 spiro atoms. The molecule has 1 saturated carbocycles. The molecule has 2 N–H and O–H groups in total. The van der Waals surface area contributed by atoms with E-state index in [0.29, 0.717) is 12.3 Å². The molecule has 0 bridgehead atoms. The number of amides is 1. The molecule has 96 valence electrons. The van der Waals surface area contributed by atoms with E-state index in [1.165, 1.54) is 0 Å². The lowest BCUT2D eigenvalue weighted by molar-refractivity contribution is -0.142. The Labute approximate surface area is 106 Å². The minimum absolute atomic E-state index is 0.00243. The second kappa shape index (κ2) is 5.21. The van der Waals surface area contributed by atoms with Crippen molar-refractivity contribution in [1.82, 2.24) is 5.32 Å². The summed E-state index contributed by atoms with van der Waals surface area (Å²) in [7, 11) is 0. The van der Waals surface area contributed by atoms with Gasteiger partial charge in [0.15, 0.2) is 0 Å². The first-order valence-electron chi connectivity index (χ1n) is 6.15. The summed E-state index contributed by atoms with van der Waals surface area (Å²) in [6, 6.07) is 8.48. The number of nitrogens with one attached hydrogen (secondary N) is 1. The summed E-state index contributed by atoms with van der Waals surface area (Å²) in [5.74, 6) is -0.731. The number of benzene rings is 1. The van der Waals surface area contributed by atoms with Gasteiger partial charge in [-0.05, 0) is 17.9 Å². The van der Waals surface area contributed by atoms with Crippen molar-refractivity contribution in [2.24, 2.45) is 11.8 Å². The van der Waals surface area contributed by atoms with E-state index < -0.39 is 12.0 Å². The van der Waals surface area contributed by atoms with Gasteiger partial charge in [-0.1, -0.05) is 37.3 Å². The van der Waals surface area contributed by atoms with Crippen LogP contribution >= 0.6 is 0 Å². The first-order valence-corrected chi connectivity index (χ1v) is 6.15. The molecule has 1 aromatic carbocycles. The Kier molecular flexibility index (Phi) is 3.65. The van der Waals surface area contributed by atoms with Crippen LogP contribution in [0.2, 0.25) is 0 Å². The van der Waals surface area contributed by atoms with Gasteiger partial charge in [-0.2, -0.15) is 0 Å². The Hall–Kier alpha value is -1.84. The van der Waals surface area contributed by atoms with E-state index in [4.69, 9.17) is 5.11 Å². The normalized spacial score (nSPS) is 23.2. The Morgan fingerprint density at radius 1 is 1.39 bits per heavy atom. The van der Waals surface area contributed by atoms with Crippen LogP contribution in [-0.4, -0.2) is 23.0 Å². The summed E-state index contributed by atoms with van der Waals surface area (Å²) in [4.78, 5) is 22.9. The average molecular weight is 247 g/mol. The molecule has 1 amide bonds. The molecular weight excluding hydrogens is 230 g/mol. The highest BCUT2D eigenvalue weighted by Crippen LogP contribution is 2.37. The third-order valence-corrected chi connectivity index (χ3v) is 3.34. The van der Waals surface area contributed by atoms with Crippen LogP contribution in [-0.2, 0) is 16.0 Å². The maximum atomic E-state index is 11.7. The van der Waals surface area contributed by atoms with Crippen LogP contribution in [0.3, 0.4) is 0 Å². The highest BCUT2D eigenvalue weighted by Gasteiger charge is 2.40. The van der Waals surface area contributed by atoms with Gasteiger partial charge in [0, 0.05) is 12.3 Å². The number of aliphatic carboxylic acids is 1. The van der Waals surface area contributed by atoms with Gasteiger partial charge < -0.3 is 10.4 Å². The van der Waals surface area contributed by atoms with Crippen LogP contribution in [0.1, 0.15) is 18.9 Å². The fourth-order valence-electron chi connectivity index (χ4n) is 2.02. The third kappa shape index (κ3) is 3.09. The van der Waals surface area contributed by atoms with Gasteiger partial charge in [0.2, 0.25) is 5.91 Å². The van der Waals surface area contributed by atoms with Crippen LogP contribution < -0.4 is 5.32 Å². The first-order chi connectivity index (χ1) is 8.58. The maximum absolute atomic E-state index is 11.7. The SMILES string of the molecule is CC1CC1C(=O)N[C@@H](Cc1ccccc1)C(=O)O. The Bertz CT molecular complexity index is 444. The van der Waals surface area contributed by atoms with Gasteiger partial charge in [0.25, 0.3) is 0 Å². The number of rotatable bonds is 5. The second-order valence-electron chi connectivity index (χ2n) is 4.91. The topological polar surface area (TPSA) is 66.4 Å². The van der Waals surface area contributed by atoms with Crippen molar-refractivity contribution < 1.29 is 14.7 Å². The van der Waals surface area contributed by atoms with Gasteiger partial charge in [-0.25, -0.2) is 4.79 Å². The fourth-order valence-corrected chi connectivity index (χ4v) is 2.02. The molecule has 0 heterocycles. The summed E-state index contributed by atoms with van der Waals surface area (Å²) in [6.45, 7) is 2.00. The summed E-state index contributed by atoms with van der Waals surface area (Å²) in [5, 5.41) is 11.8. The zero-order chi connectivity index (χ0) is 13.1. The van der Waals surface area contributed by atoms with E-state index in [1.54, 1.807) is 0 Å². The molecule has 1 aliphatic rings. The lowest BCUT2D eigenvalue weighted by Gasteiger charge is -2.14. The Morgan fingerprint density at radius 3 is 2.50 bits per heavy atom. The van der Waals surface area contributed by atoms with E-state index in [9.17, 15) is 9.59 Å². The second-order valence-corrected chi connectivity index (χ2v) is 4.91. The molecule has 2 rings (SSSR count). The van der Waals surface area contributed by atoms with Crippen molar-refractivity contribution in [1.29, 1.82) is 0 Å². The maximum Gasteiger partial charge on any atom is 0.326 e. The fraction of sp³-hybridized carbons (Fsp3) is 0.429. The van der Waals surface area contributed by atoms with Gasteiger partial charge in [0.1, 0.15) is 6.04 Å². The van der Waals surface area contributed by atoms with Crippen LogP contribution in [0.4, 0.5) is 0 Å². The predicted octanol–water partition coefficient (Wildman–Crippen LogP) is 1.45. The van der Waals surface area contributed by atoms with Crippen molar-refractivity contribution in [3.05, 3.63) is 35.9 Å². The first kappa shape index (κ1) is 12.6. The number of carbonyl (C=O) groups excluding carboxylic acids is 1. The number of carbonyl (C=O) groups is 2. The molecule has 3 atom stereocenters. The molecule has 0 aromatic heterocycles. The predicted molar refractivity (Wildman–Crippen MR) is 67.0 cm³/mol. The molecule has 1 aliphatic carbocycles. The van der Waals surface area contributed by atoms with E-state index >= 15 is 0 Å². The van der Waals surface area contributed by atoms with Crippen LogP contribution in [0, 0.1) is 11.8 Å². The van der Waals surface area contributed by atoms with Gasteiger partial charge in [-0.15, -0.1) is 0 Å². The van der Waals surface area contributed by atoms with E-state index in [0.717, 1.165) is 12.0 Å². The monoisotopic (exact) mass is 247 g/mol. The molecule has 4 nitrogen and oxygen atoms in total. The minimum atomic E-state index is -0.986. The van der Waals surface area contributed by atoms with Crippen LogP contribution in [0.15, 0.2) is 30.3 Å². The zero-order valence-corrected chi connectivity index (χ0v) is 10.3. The molecule has 2 unspecified atom stereocenters. The van der Waals surface area contributed by atoms with Crippen LogP contribution in [0.25, 0.3) is 0 Å². The molecule has 0 aliphatic heterocycles. The summed E-state index contributed by atoms with van der Waals surface area (Å²) >= 11 is 0. The summed E-state index contributed by atoms with van der Waals surface area (Å²) in [6.07, 6.45) is 1.19. The van der Waals surface area contributed by atoms with Gasteiger partial charge >= 0.3 is 5.97 Å². The van der Waals surface area contributed by atoms with Crippen LogP contribution in [0.5, 0.6) is 0 Å². The lowest BCUT2D eigenvalue weighted by atomic mass is 10.1. The molecule has 0 saturated heterocycles. The molecule has 1 aromatic rings. The highest BCUT2D eigenvalue weighted by atomic mass is 16.4. The van der Waals surface area contributed by atoms with Crippen molar-refractivity contribution in [3.8, 4) is 0 Å². The molecular formula is C14H17NO3. The zero-order valence-electron chi connectivity index (χ0n) is 10.3. The number of hydrogen-bond donors (Lipinski definition) is 2. The molecule has 18 heavy (non-hydrogen) atoms. The van der Waals surface area contributed by atoms with Gasteiger partial charge in [-0.3, -0.25) is 4.79 Å². The van der Waals surface area contributed by atoms with E-state index in [-0.39, 0.29) is 11.8 Å². The van der Waals surface area contributed by atoms with Crippen molar-refractivity contribution in [3.63, 3.8) is 0 Å². The molecule has 4 heteroatoms. The minimum Gasteiger partial charge on any atom is -0.480 e. The number of carboxylic acid groups (broad SMARTS) is 1. The smallest absolute Gasteiger partial charge is 0.326 e. The quantitative estimate of drug-likeness (QED) is 0.827. The summed E-state index contributed by atoms with van der Waals surface area (Å²) < 4.78 is 0. The van der Waals surface area contributed by atoms with Gasteiger partial charge in [0.05, 0.1) is 0 Å². The van der Waals surface area contributed by atoms with E-state index in [1.807, 2.05) is 37.3 Å². The lowest BCUT2D eigenvalue weighted by Crippen LogP contribution is -2.43. The van der Waals surface area contributed by atoms with Crippen molar-refractivity contribution >= 4 is 11.9 Å². The standard InChI is InChI=1S/C14H17NO3/c1-9-7-11(9)13(16)15-12(14(17)18)8-10-5-3-2-4-6-10/h2-6,9,11-12H,7-8H2,1H3,(H,15,16)(H,17,18)/t9?,11?,12-/m0/s1.